The van der Waals surface area contributed by atoms with Crippen LogP contribution in [0.2, 0.25) is 0 Å². The van der Waals surface area contributed by atoms with Gasteiger partial charge in [0.25, 0.3) is 0 Å². The number of rotatable bonds is 5. The number of ether oxygens (including phenoxy) is 1. The summed E-state index contributed by atoms with van der Waals surface area (Å²) in [5.74, 6) is 0.218. The summed E-state index contributed by atoms with van der Waals surface area (Å²) in [6.45, 7) is 8.78. The van der Waals surface area contributed by atoms with Crippen LogP contribution in [-0.2, 0) is 23.0 Å². The Balaban J connectivity index is 1.88. The third kappa shape index (κ3) is 3.88. The molecule has 0 spiro atoms. The zero-order chi connectivity index (χ0) is 16.3. The highest BCUT2D eigenvalue weighted by molar-refractivity contribution is 5.76. The second-order valence-corrected chi connectivity index (χ2v) is 6.95. The second-order valence-electron chi connectivity index (χ2n) is 6.95. The van der Waals surface area contributed by atoms with Gasteiger partial charge in [-0.15, -0.1) is 0 Å². The molecule has 1 aliphatic rings. The average molecular weight is 307 g/mol. The first-order valence-corrected chi connectivity index (χ1v) is 8.13. The SMILES string of the molecule is Cc1nn(C)c(C)c1CCC(=O)N(C)CC1(C)CCOCC1. The smallest absolute Gasteiger partial charge is 0.222 e. The Labute approximate surface area is 133 Å². The lowest BCUT2D eigenvalue weighted by Crippen LogP contribution is -2.40. The van der Waals surface area contributed by atoms with Crippen molar-refractivity contribution in [3.63, 3.8) is 0 Å². The minimum atomic E-state index is 0.197. The van der Waals surface area contributed by atoms with Gasteiger partial charge >= 0.3 is 0 Å². The number of hydrogen-bond donors (Lipinski definition) is 0. The van der Waals surface area contributed by atoms with Crippen molar-refractivity contribution < 1.29 is 9.53 Å². The number of carbonyl (C=O) groups is 1. The van der Waals surface area contributed by atoms with E-state index in [0.717, 1.165) is 50.4 Å². The number of hydrogen-bond acceptors (Lipinski definition) is 3. The number of aryl methyl sites for hydroxylation is 2. The van der Waals surface area contributed by atoms with Crippen LogP contribution in [0.25, 0.3) is 0 Å². The molecule has 0 unspecified atom stereocenters. The van der Waals surface area contributed by atoms with Gasteiger partial charge in [-0.3, -0.25) is 9.48 Å². The molecule has 2 heterocycles. The molecule has 5 nitrogen and oxygen atoms in total. The van der Waals surface area contributed by atoms with Gasteiger partial charge in [-0.2, -0.15) is 5.10 Å². The molecule has 1 aromatic heterocycles. The summed E-state index contributed by atoms with van der Waals surface area (Å²) in [6, 6.07) is 0. The van der Waals surface area contributed by atoms with E-state index in [9.17, 15) is 4.79 Å². The molecule has 1 amide bonds. The molecule has 0 atom stereocenters. The Morgan fingerprint density at radius 3 is 2.55 bits per heavy atom. The molecule has 124 valence electrons. The van der Waals surface area contributed by atoms with Crippen molar-refractivity contribution in [2.45, 2.75) is 46.5 Å². The van der Waals surface area contributed by atoms with E-state index in [-0.39, 0.29) is 11.3 Å². The molecule has 1 aromatic rings. The van der Waals surface area contributed by atoms with Crippen molar-refractivity contribution >= 4 is 5.91 Å². The Morgan fingerprint density at radius 2 is 2.00 bits per heavy atom. The molecule has 1 aliphatic heterocycles. The topological polar surface area (TPSA) is 47.4 Å². The highest BCUT2D eigenvalue weighted by atomic mass is 16.5. The Hall–Kier alpha value is -1.36. The Kier molecular flexibility index (Phi) is 5.27. The quantitative estimate of drug-likeness (QED) is 0.838. The van der Waals surface area contributed by atoms with Gasteiger partial charge in [0.1, 0.15) is 0 Å². The molecule has 2 rings (SSSR count). The van der Waals surface area contributed by atoms with Gasteiger partial charge in [0.05, 0.1) is 5.69 Å². The lowest BCUT2D eigenvalue weighted by atomic mass is 9.82. The molecular formula is C17H29N3O2. The standard InChI is InChI=1S/C17H29N3O2/c1-13-15(14(2)20(5)18-13)6-7-16(21)19(4)12-17(3)8-10-22-11-9-17/h6-12H2,1-5H3. The summed E-state index contributed by atoms with van der Waals surface area (Å²) in [6.07, 6.45) is 3.39. The van der Waals surface area contributed by atoms with Crippen LogP contribution in [0.1, 0.15) is 43.1 Å². The first-order valence-electron chi connectivity index (χ1n) is 8.13. The summed E-state index contributed by atoms with van der Waals surface area (Å²) in [5, 5.41) is 4.42. The predicted octanol–water partition coefficient (Wildman–Crippen LogP) is 2.24. The maximum Gasteiger partial charge on any atom is 0.222 e. The average Bonchev–Trinajstić information content (AvgIpc) is 2.70. The maximum atomic E-state index is 12.4. The second kappa shape index (κ2) is 6.82. The summed E-state index contributed by atoms with van der Waals surface area (Å²) in [7, 11) is 3.87. The molecule has 22 heavy (non-hydrogen) atoms. The minimum Gasteiger partial charge on any atom is -0.381 e. The Morgan fingerprint density at radius 1 is 1.36 bits per heavy atom. The highest BCUT2D eigenvalue weighted by Crippen LogP contribution is 2.30. The molecule has 5 heteroatoms. The molecule has 0 radical (unpaired) electrons. The lowest BCUT2D eigenvalue weighted by molar-refractivity contribution is -0.132. The van der Waals surface area contributed by atoms with Crippen LogP contribution in [0, 0.1) is 19.3 Å². The van der Waals surface area contributed by atoms with Gasteiger partial charge in [-0.1, -0.05) is 6.92 Å². The van der Waals surface area contributed by atoms with Gasteiger partial charge in [0.2, 0.25) is 5.91 Å². The molecule has 0 aromatic carbocycles. The van der Waals surface area contributed by atoms with Crippen LogP contribution in [0.3, 0.4) is 0 Å². The third-order valence-electron chi connectivity index (χ3n) is 4.99. The summed E-state index contributed by atoms with van der Waals surface area (Å²) in [5.41, 5.74) is 3.60. The van der Waals surface area contributed by atoms with E-state index >= 15 is 0 Å². The summed E-state index contributed by atoms with van der Waals surface area (Å²) in [4.78, 5) is 14.3. The Bertz CT molecular complexity index is 530. The summed E-state index contributed by atoms with van der Waals surface area (Å²) >= 11 is 0. The normalized spacial score (nSPS) is 17.5. The zero-order valence-electron chi connectivity index (χ0n) is 14.6. The maximum absolute atomic E-state index is 12.4. The fourth-order valence-electron chi connectivity index (χ4n) is 3.29. The predicted molar refractivity (Wildman–Crippen MR) is 86.8 cm³/mol. The minimum absolute atomic E-state index is 0.197. The van der Waals surface area contributed by atoms with Gasteiger partial charge in [-0.25, -0.2) is 0 Å². The lowest BCUT2D eigenvalue weighted by Gasteiger charge is -2.36. The van der Waals surface area contributed by atoms with E-state index in [1.165, 1.54) is 5.56 Å². The van der Waals surface area contributed by atoms with Crippen LogP contribution < -0.4 is 0 Å². The number of nitrogens with zero attached hydrogens (tertiary/aromatic N) is 3. The number of carbonyl (C=O) groups excluding carboxylic acids is 1. The molecule has 0 aliphatic carbocycles. The van der Waals surface area contributed by atoms with E-state index in [2.05, 4.69) is 18.9 Å². The zero-order valence-corrected chi connectivity index (χ0v) is 14.6. The third-order valence-corrected chi connectivity index (χ3v) is 4.99. The van der Waals surface area contributed by atoms with E-state index < -0.39 is 0 Å². The number of amides is 1. The van der Waals surface area contributed by atoms with Crippen LogP contribution in [0.5, 0.6) is 0 Å². The first kappa shape index (κ1) is 17.0. The largest absolute Gasteiger partial charge is 0.381 e. The van der Waals surface area contributed by atoms with Gasteiger partial charge < -0.3 is 9.64 Å². The van der Waals surface area contributed by atoms with Crippen molar-refractivity contribution in [1.82, 2.24) is 14.7 Å². The van der Waals surface area contributed by atoms with Crippen molar-refractivity contribution in [2.75, 3.05) is 26.8 Å². The first-order chi connectivity index (χ1) is 10.3. The fourth-order valence-corrected chi connectivity index (χ4v) is 3.29. The van der Waals surface area contributed by atoms with Crippen molar-refractivity contribution in [1.29, 1.82) is 0 Å². The fraction of sp³-hybridized carbons (Fsp3) is 0.765. The van der Waals surface area contributed by atoms with Crippen LogP contribution in [0.4, 0.5) is 0 Å². The van der Waals surface area contributed by atoms with Crippen molar-refractivity contribution in [3.05, 3.63) is 17.0 Å². The molecule has 1 saturated heterocycles. The highest BCUT2D eigenvalue weighted by Gasteiger charge is 2.30. The molecule has 0 bridgehead atoms. The van der Waals surface area contributed by atoms with Crippen LogP contribution >= 0.6 is 0 Å². The van der Waals surface area contributed by atoms with E-state index in [1.54, 1.807) is 0 Å². The van der Waals surface area contributed by atoms with Crippen molar-refractivity contribution in [3.8, 4) is 0 Å². The van der Waals surface area contributed by atoms with E-state index in [1.807, 2.05) is 30.6 Å². The van der Waals surface area contributed by atoms with Gasteiger partial charge in [0.15, 0.2) is 0 Å². The number of aromatic nitrogens is 2. The molecule has 0 N–H and O–H groups in total. The summed E-state index contributed by atoms with van der Waals surface area (Å²) < 4.78 is 7.32. The van der Waals surface area contributed by atoms with Crippen molar-refractivity contribution in [2.24, 2.45) is 12.5 Å². The van der Waals surface area contributed by atoms with Crippen LogP contribution in [-0.4, -0.2) is 47.4 Å². The van der Waals surface area contributed by atoms with Crippen LogP contribution in [0.15, 0.2) is 0 Å². The monoisotopic (exact) mass is 307 g/mol. The molecular weight excluding hydrogens is 278 g/mol. The van der Waals surface area contributed by atoms with Gasteiger partial charge in [0, 0.05) is 46.0 Å². The molecule has 1 fully saturated rings. The van der Waals surface area contributed by atoms with Gasteiger partial charge in [-0.05, 0) is 44.1 Å². The van der Waals surface area contributed by atoms with E-state index in [0.29, 0.717) is 6.42 Å². The molecule has 0 saturated carbocycles. The van der Waals surface area contributed by atoms with E-state index in [4.69, 9.17) is 4.74 Å².